The van der Waals surface area contributed by atoms with E-state index < -0.39 is 6.29 Å². The number of pyridine rings is 1. The zero-order chi connectivity index (χ0) is 15.6. The van der Waals surface area contributed by atoms with Crippen LogP contribution in [0.5, 0.6) is 17.2 Å². The summed E-state index contributed by atoms with van der Waals surface area (Å²) in [4.78, 5) is 4.34. The van der Waals surface area contributed by atoms with Crippen LogP contribution in [0.1, 0.15) is 11.9 Å². The summed E-state index contributed by atoms with van der Waals surface area (Å²) < 4.78 is 22.4. The number of ether oxygens (including phenoxy) is 4. The smallest absolute Gasteiger partial charge is 0.271 e. The van der Waals surface area contributed by atoms with E-state index in [0.717, 1.165) is 16.5 Å². The number of fused-ring (bicyclic) bond motifs is 2. The molecule has 0 bridgehead atoms. The van der Waals surface area contributed by atoms with Gasteiger partial charge in [0.15, 0.2) is 18.3 Å². The van der Waals surface area contributed by atoms with E-state index in [1.54, 1.807) is 13.3 Å². The number of para-hydroxylation sites is 1. The Morgan fingerprint density at radius 1 is 1.04 bits per heavy atom. The Bertz CT molecular complexity index is 805. The first kappa shape index (κ1) is 13.8. The topological polar surface area (TPSA) is 49.8 Å². The third kappa shape index (κ3) is 2.55. The molecule has 0 radical (unpaired) electrons. The molecule has 1 aliphatic rings. The van der Waals surface area contributed by atoms with Gasteiger partial charge in [-0.25, -0.2) is 0 Å². The van der Waals surface area contributed by atoms with Gasteiger partial charge in [0.1, 0.15) is 5.75 Å². The van der Waals surface area contributed by atoms with E-state index in [1.165, 1.54) is 0 Å². The molecule has 0 saturated carbocycles. The van der Waals surface area contributed by atoms with Crippen molar-refractivity contribution in [1.82, 2.24) is 4.98 Å². The number of methoxy groups -OCH3 is 1. The fourth-order valence-corrected chi connectivity index (χ4v) is 2.58. The van der Waals surface area contributed by atoms with Gasteiger partial charge in [-0.15, -0.1) is 0 Å². The van der Waals surface area contributed by atoms with Crippen LogP contribution >= 0.6 is 0 Å². The fourth-order valence-electron chi connectivity index (χ4n) is 2.58. The van der Waals surface area contributed by atoms with Crippen LogP contribution in [0, 0.1) is 0 Å². The van der Waals surface area contributed by atoms with E-state index in [9.17, 15) is 0 Å². The van der Waals surface area contributed by atoms with E-state index >= 15 is 0 Å². The van der Waals surface area contributed by atoms with Crippen LogP contribution in [-0.4, -0.2) is 18.9 Å². The van der Waals surface area contributed by atoms with Gasteiger partial charge >= 0.3 is 0 Å². The highest BCUT2D eigenvalue weighted by molar-refractivity contribution is 5.82. The monoisotopic (exact) mass is 309 g/mol. The van der Waals surface area contributed by atoms with Crippen LogP contribution in [0.2, 0.25) is 0 Å². The Kier molecular flexibility index (Phi) is 3.48. The Labute approximate surface area is 133 Å². The van der Waals surface area contributed by atoms with Gasteiger partial charge in [0, 0.05) is 24.8 Å². The normalized spacial score (nSPS) is 15.8. The predicted octanol–water partition coefficient (Wildman–Crippen LogP) is 3.69. The van der Waals surface area contributed by atoms with Gasteiger partial charge in [0.05, 0.1) is 11.1 Å². The highest BCUT2D eigenvalue weighted by Crippen LogP contribution is 2.44. The minimum absolute atomic E-state index is 0.171. The molecule has 0 N–H and O–H groups in total. The van der Waals surface area contributed by atoms with E-state index in [0.29, 0.717) is 17.2 Å². The Hall–Kier alpha value is -2.79. The second-order valence-electron chi connectivity index (χ2n) is 5.15. The summed E-state index contributed by atoms with van der Waals surface area (Å²) in [7, 11) is 1.58. The summed E-state index contributed by atoms with van der Waals surface area (Å²) in [6.45, 7) is 0.171. The third-order valence-electron chi connectivity index (χ3n) is 3.64. The van der Waals surface area contributed by atoms with Gasteiger partial charge in [-0.3, -0.25) is 4.98 Å². The summed E-state index contributed by atoms with van der Waals surface area (Å²) in [5.41, 5.74) is 1.69. The summed E-state index contributed by atoms with van der Waals surface area (Å²) >= 11 is 0. The molecule has 0 saturated heterocycles. The maximum absolute atomic E-state index is 5.95. The Balaban J connectivity index is 1.66. The van der Waals surface area contributed by atoms with Crippen molar-refractivity contribution in [1.29, 1.82) is 0 Å². The average Bonchev–Trinajstić information content (AvgIpc) is 3.00. The molecule has 0 amide bonds. The summed E-state index contributed by atoms with van der Waals surface area (Å²) in [6, 6.07) is 15.3. The lowest BCUT2D eigenvalue weighted by atomic mass is 10.2. The van der Waals surface area contributed by atoms with Gasteiger partial charge in [0.2, 0.25) is 0 Å². The molecule has 1 aromatic heterocycles. The predicted molar refractivity (Wildman–Crippen MR) is 84.7 cm³/mol. The standard InChI is InChI=1S/C18H15NO4/c1-20-11-21-15-7-3-2-6-13(15)18-22-16-9-12-5-4-8-19-14(12)10-17(16)23-18/h2-10,18H,11H2,1H3. The van der Waals surface area contributed by atoms with Crippen molar-refractivity contribution in [3.8, 4) is 17.2 Å². The number of hydrogen-bond donors (Lipinski definition) is 0. The minimum Gasteiger partial charge on any atom is -0.467 e. The lowest BCUT2D eigenvalue weighted by molar-refractivity contribution is 0.0297. The number of aromatic nitrogens is 1. The van der Waals surface area contributed by atoms with Crippen molar-refractivity contribution < 1.29 is 18.9 Å². The maximum Gasteiger partial charge on any atom is 0.271 e. The molecule has 4 rings (SSSR count). The molecule has 5 heteroatoms. The molecule has 2 heterocycles. The van der Waals surface area contributed by atoms with Crippen LogP contribution in [0.25, 0.3) is 10.9 Å². The molecule has 1 unspecified atom stereocenters. The average molecular weight is 309 g/mol. The molecule has 1 aliphatic heterocycles. The number of nitrogens with zero attached hydrogens (tertiary/aromatic N) is 1. The van der Waals surface area contributed by atoms with Gasteiger partial charge in [-0.2, -0.15) is 0 Å². The van der Waals surface area contributed by atoms with E-state index in [4.69, 9.17) is 18.9 Å². The highest BCUT2D eigenvalue weighted by Gasteiger charge is 2.28. The third-order valence-corrected chi connectivity index (χ3v) is 3.64. The fraction of sp³-hybridized carbons (Fsp3) is 0.167. The zero-order valence-electron chi connectivity index (χ0n) is 12.6. The summed E-state index contributed by atoms with van der Waals surface area (Å²) in [5.74, 6) is 2.06. The second kappa shape index (κ2) is 5.78. The molecule has 23 heavy (non-hydrogen) atoms. The highest BCUT2D eigenvalue weighted by atomic mass is 16.7. The molecular weight excluding hydrogens is 294 g/mol. The van der Waals surface area contributed by atoms with Crippen molar-refractivity contribution in [3.63, 3.8) is 0 Å². The van der Waals surface area contributed by atoms with Gasteiger partial charge < -0.3 is 18.9 Å². The van der Waals surface area contributed by atoms with Gasteiger partial charge in [-0.1, -0.05) is 18.2 Å². The molecule has 2 aromatic carbocycles. The minimum atomic E-state index is -0.546. The SMILES string of the molecule is COCOc1ccccc1C1Oc2cc3cccnc3cc2O1. The first-order valence-electron chi connectivity index (χ1n) is 7.28. The first-order chi connectivity index (χ1) is 11.3. The number of hydrogen-bond acceptors (Lipinski definition) is 5. The summed E-state index contributed by atoms with van der Waals surface area (Å²) in [5, 5.41) is 1.01. The molecule has 3 aromatic rings. The van der Waals surface area contributed by atoms with Crippen LogP contribution in [0.3, 0.4) is 0 Å². The molecule has 0 aliphatic carbocycles. The first-order valence-corrected chi connectivity index (χ1v) is 7.28. The van der Waals surface area contributed by atoms with Crippen molar-refractivity contribution in [2.24, 2.45) is 0 Å². The Morgan fingerprint density at radius 2 is 1.87 bits per heavy atom. The molecule has 1 atom stereocenters. The van der Waals surface area contributed by atoms with Crippen molar-refractivity contribution >= 4 is 10.9 Å². The van der Waals surface area contributed by atoms with E-state index in [-0.39, 0.29) is 6.79 Å². The van der Waals surface area contributed by atoms with E-state index in [2.05, 4.69) is 4.98 Å². The lowest BCUT2D eigenvalue weighted by Gasteiger charge is -2.15. The van der Waals surface area contributed by atoms with Crippen LogP contribution in [0.15, 0.2) is 54.7 Å². The Morgan fingerprint density at radius 3 is 2.74 bits per heavy atom. The largest absolute Gasteiger partial charge is 0.467 e. The molecular formula is C18H15NO4. The second-order valence-corrected chi connectivity index (χ2v) is 5.15. The quantitative estimate of drug-likeness (QED) is 0.688. The lowest BCUT2D eigenvalue weighted by Crippen LogP contribution is -2.11. The number of benzene rings is 2. The van der Waals surface area contributed by atoms with Gasteiger partial charge in [-0.05, 0) is 24.3 Å². The van der Waals surface area contributed by atoms with Crippen LogP contribution in [-0.2, 0) is 4.74 Å². The molecule has 0 fully saturated rings. The molecule has 0 spiro atoms. The van der Waals surface area contributed by atoms with E-state index in [1.807, 2.05) is 48.5 Å². The van der Waals surface area contributed by atoms with Crippen LogP contribution < -0.4 is 14.2 Å². The molecule has 116 valence electrons. The van der Waals surface area contributed by atoms with Crippen LogP contribution in [0.4, 0.5) is 0 Å². The maximum atomic E-state index is 5.95. The van der Waals surface area contributed by atoms with Crippen molar-refractivity contribution in [2.45, 2.75) is 6.29 Å². The zero-order valence-corrected chi connectivity index (χ0v) is 12.6. The summed E-state index contributed by atoms with van der Waals surface area (Å²) in [6.07, 6.45) is 1.21. The van der Waals surface area contributed by atoms with Crippen molar-refractivity contribution in [2.75, 3.05) is 13.9 Å². The molecule has 5 nitrogen and oxygen atoms in total. The van der Waals surface area contributed by atoms with Crippen molar-refractivity contribution in [3.05, 3.63) is 60.3 Å². The van der Waals surface area contributed by atoms with Gasteiger partial charge in [0.25, 0.3) is 6.29 Å². The number of rotatable bonds is 4.